The fourth-order valence-corrected chi connectivity index (χ4v) is 2.58. The van der Waals surface area contributed by atoms with Crippen molar-refractivity contribution < 1.29 is 4.52 Å². The highest BCUT2D eigenvalue weighted by Crippen LogP contribution is 2.11. The zero-order chi connectivity index (χ0) is 13.8. The van der Waals surface area contributed by atoms with Gasteiger partial charge in [0.25, 0.3) is 0 Å². The minimum Gasteiger partial charge on any atom is -0.361 e. The van der Waals surface area contributed by atoms with E-state index in [0.717, 1.165) is 50.7 Å². The van der Waals surface area contributed by atoms with E-state index >= 15 is 0 Å². The fourth-order valence-electron chi connectivity index (χ4n) is 2.58. The molecular weight excluding hydrogens is 252 g/mol. The molecule has 3 rings (SSSR count). The second-order valence-electron chi connectivity index (χ2n) is 5.34. The van der Waals surface area contributed by atoms with Gasteiger partial charge >= 0.3 is 0 Å². The van der Waals surface area contributed by atoms with Crippen LogP contribution in [0.2, 0.25) is 0 Å². The third kappa shape index (κ3) is 3.43. The van der Waals surface area contributed by atoms with E-state index in [9.17, 15) is 0 Å². The second-order valence-corrected chi connectivity index (χ2v) is 5.34. The average molecular weight is 272 g/mol. The standard InChI is InChI=1S/C15H20N4O/c1-13-9-15(17-20-13)12-19-7-5-18(6-8-19)11-14-3-2-4-16-10-14/h2-4,9-10H,5-8,11-12H2,1H3. The fraction of sp³-hybridized carbons (Fsp3) is 0.467. The van der Waals surface area contributed by atoms with E-state index in [2.05, 4.69) is 26.0 Å². The predicted molar refractivity (Wildman–Crippen MR) is 76.0 cm³/mol. The molecule has 0 aromatic carbocycles. The molecule has 106 valence electrons. The summed E-state index contributed by atoms with van der Waals surface area (Å²) in [5.74, 6) is 0.884. The summed E-state index contributed by atoms with van der Waals surface area (Å²) >= 11 is 0. The van der Waals surface area contributed by atoms with Gasteiger partial charge in [0.05, 0.1) is 5.69 Å². The Morgan fingerprint density at radius 1 is 1.15 bits per heavy atom. The number of piperazine rings is 1. The monoisotopic (exact) mass is 272 g/mol. The number of hydrogen-bond donors (Lipinski definition) is 0. The maximum atomic E-state index is 5.11. The zero-order valence-corrected chi connectivity index (χ0v) is 11.8. The third-order valence-corrected chi connectivity index (χ3v) is 3.66. The van der Waals surface area contributed by atoms with Crippen LogP contribution in [0.15, 0.2) is 35.1 Å². The van der Waals surface area contributed by atoms with Gasteiger partial charge in [-0.2, -0.15) is 0 Å². The van der Waals surface area contributed by atoms with Gasteiger partial charge in [-0.05, 0) is 18.6 Å². The van der Waals surface area contributed by atoms with Crippen molar-refractivity contribution >= 4 is 0 Å². The van der Waals surface area contributed by atoms with Crippen LogP contribution in [0.4, 0.5) is 0 Å². The number of pyridine rings is 1. The number of rotatable bonds is 4. The van der Waals surface area contributed by atoms with Gasteiger partial charge in [-0.1, -0.05) is 11.2 Å². The molecule has 1 fully saturated rings. The van der Waals surface area contributed by atoms with Crippen molar-refractivity contribution in [3.8, 4) is 0 Å². The Morgan fingerprint density at radius 3 is 2.50 bits per heavy atom. The smallest absolute Gasteiger partial charge is 0.133 e. The molecule has 5 nitrogen and oxygen atoms in total. The molecule has 20 heavy (non-hydrogen) atoms. The van der Waals surface area contributed by atoms with Crippen molar-refractivity contribution in [1.82, 2.24) is 19.9 Å². The van der Waals surface area contributed by atoms with Gasteiger partial charge in [-0.25, -0.2) is 0 Å². The molecule has 1 aliphatic rings. The van der Waals surface area contributed by atoms with E-state index in [0.29, 0.717) is 0 Å². The lowest BCUT2D eigenvalue weighted by atomic mass is 10.2. The normalized spacial score (nSPS) is 17.4. The Labute approximate surface area is 119 Å². The molecule has 0 radical (unpaired) electrons. The molecule has 0 amide bonds. The van der Waals surface area contributed by atoms with E-state index in [4.69, 9.17) is 4.52 Å². The quantitative estimate of drug-likeness (QED) is 0.847. The van der Waals surface area contributed by atoms with Crippen LogP contribution in [0.25, 0.3) is 0 Å². The summed E-state index contributed by atoms with van der Waals surface area (Å²) in [6, 6.07) is 6.15. The van der Waals surface area contributed by atoms with Gasteiger partial charge in [0.15, 0.2) is 0 Å². The predicted octanol–water partition coefficient (Wildman–Crippen LogP) is 1.70. The van der Waals surface area contributed by atoms with Crippen LogP contribution in [-0.2, 0) is 13.1 Å². The first kappa shape index (κ1) is 13.3. The molecule has 0 aliphatic carbocycles. The van der Waals surface area contributed by atoms with Crippen LogP contribution in [0, 0.1) is 6.92 Å². The van der Waals surface area contributed by atoms with E-state index in [-0.39, 0.29) is 0 Å². The largest absolute Gasteiger partial charge is 0.361 e. The number of aromatic nitrogens is 2. The summed E-state index contributed by atoms with van der Waals surface area (Å²) in [6.07, 6.45) is 3.77. The number of hydrogen-bond acceptors (Lipinski definition) is 5. The van der Waals surface area contributed by atoms with Crippen LogP contribution in [0.5, 0.6) is 0 Å². The molecule has 2 aromatic heterocycles. The Morgan fingerprint density at radius 2 is 1.90 bits per heavy atom. The summed E-state index contributed by atoms with van der Waals surface area (Å²) in [6.45, 7) is 8.14. The lowest BCUT2D eigenvalue weighted by Gasteiger charge is -2.34. The molecule has 0 N–H and O–H groups in total. The number of aryl methyl sites for hydroxylation is 1. The Balaban J connectivity index is 1.47. The van der Waals surface area contributed by atoms with Gasteiger partial charge in [0.1, 0.15) is 5.76 Å². The Hall–Kier alpha value is -1.72. The first-order chi connectivity index (χ1) is 9.79. The van der Waals surface area contributed by atoms with Crippen LogP contribution >= 0.6 is 0 Å². The topological polar surface area (TPSA) is 45.4 Å². The zero-order valence-electron chi connectivity index (χ0n) is 11.8. The van der Waals surface area contributed by atoms with Crippen LogP contribution in [-0.4, -0.2) is 46.1 Å². The average Bonchev–Trinajstić information content (AvgIpc) is 2.88. The SMILES string of the molecule is Cc1cc(CN2CCN(Cc3cccnc3)CC2)no1. The lowest BCUT2D eigenvalue weighted by Crippen LogP contribution is -2.45. The molecule has 3 heterocycles. The molecule has 0 atom stereocenters. The number of nitrogens with zero attached hydrogens (tertiary/aromatic N) is 4. The Kier molecular flexibility index (Phi) is 4.08. The van der Waals surface area contributed by atoms with Crippen LogP contribution in [0.1, 0.15) is 17.0 Å². The van der Waals surface area contributed by atoms with Crippen molar-refractivity contribution in [3.05, 3.63) is 47.6 Å². The molecule has 1 saturated heterocycles. The Bertz CT molecular complexity index is 532. The van der Waals surface area contributed by atoms with Crippen molar-refractivity contribution in [3.63, 3.8) is 0 Å². The molecule has 0 saturated carbocycles. The molecule has 2 aromatic rings. The van der Waals surface area contributed by atoms with E-state index < -0.39 is 0 Å². The second kappa shape index (κ2) is 6.15. The van der Waals surface area contributed by atoms with Crippen molar-refractivity contribution in [2.24, 2.45) is 0 Å². The van der Waals surface area contributed by atoms with E-state index in [1.807, 2.05) is 31.5 Å². The van der Waals surface area contributed by atoms with Gasteiger partial charge in [-0.3, -0.25) is 14.8 Å². The summed E-state index contributed by atoms with van der Waals surface area (Å²) in [5.41, 5.74) is 2.32. The summed E-state index contributed by atoms with van der Waals surface area (Å²) in [7, 11) is 0. The van der Waals surface area contributed by atoms with E-state index in [1.54, 1.807) is 0 Å². The minimum absolute atomic E-state index is 0.884. The highest BCUT2D eigenvalue weighted by molar-refractivity contribution is 5.08. The third-order valence-electron chi connectivity index (χ3n) is 3.66. The minimum atomic E-state index is 0.884. The summed E-state index contributed by atoms with van der Waals surface area (Å²) < 4.78 is 5.11. The molecule has 0 bridgehead atoms. The summed E-state index contributed by atoms with van der Waals surface area (Å²) in [4.78, 5) is 9.07. The highest BCUT2D eigenvalue weighted by Gasteiger charge is 2.18. The lowest BCUT2D eigenvalue weighted by molar-refractivity contribution is 0.120. The maximum Gasteiger partial charge on any atom is 0.133 e. The van der Waals surface area contributed by atoms with Gasteiger partial charge in [0, 0.05) is 57.7 Å². The molecule has 0 spiro atoms. The van der Waals surface area contributed by atoms with Gasteiger partial charge < -0.3 is 4.52 Å². The molecule has 5 heteroatoms. The first-order valence-corrected chi connectivity index (χ1v) is 7.05. The molecular formula is C15H20N4O. The van der Waals surface area contributed by atoms with Gasteiger partial charge in [-0.15, -0.1) is 0 Å². The van der Waals surface area contributed by atoms with E-state index in [1.165, 1.54) is 5.56 Å². The van der Waals surface area contributed by atoms with Gasteiger partial charge in [0.2, 0.25) is 0 Å². The highest BCUT2D eigenvalue weighted by atomic mass is 16.5. The van der Waals surface area contributed by atoms with Crippen molar-refractivity contribution in [2.75, 3.05) is 26.2 Å². The maximum absolute atomic E-state index is 5.11. The molecule has 0 unspecified atom stereocenters. The van der Waals surface area contributed by atoms with Crippen molar-refractivity contribution in [1.29, 1.82) is 0 Å². The van der Waals surface area contributed by atoms with Crippen LogP contribution < -0.4 is 0 Å². The van der Waals surface area contributed by atoms with Crippen LogP contribution in [0.3, 0.4) is 0 Å². The summed E-state index contributed by atoms with van der Waals surface area (Å²) in [5, 5.41) is 4.06. The molecule has 1 aliphatic heterocycles. The first-order valence-electron chi connectivity index (χ1n) is 7.05. The van der Waals surface area contributed by atoms with Crippen molar-refractivity contribution in [2.45, 2.75) is 20.0 Å².